The van der Waals surface area contributed by atoms with Crippen LogP contribution >= 0.6 is 11.3 Å². The molecule has 11 heteroatoms. The second-order valence-corrected chi connectivity index (χ2v) is 13.4. The van der Waals surface area contributed by atoms with E-state index >= 15 is 0 Å². The number of carbonyl (C=O) groups excluding carboxylic acids is 1. The van der Waals surface area contributed by atoms with Crippen molar-refractivity contribution in [2.24, 2.45) is 5.92 Å². The number of hydrogen-bond acceptors (Lipinski definition) is 6. The van der Waals surface area contributed by atoms with E-state index in [0.29, 0.717) is 24.1 Å². The number of hydrogen-bond donors (Lipinski definition) is 1. The van der Waals surface area contributed by atoms with Crippen molar-refractivity contribution >= 4 is 33.1 Å². The molecule has 3 aliphatic rings. The third kappa shape index (κ3) is 10.3. The van der Waals surface area contributed by atoms with E-state index in [2.05, 4.69) is 34.1 Å². The van der Waals surface area contributed by atoms with Gasteiger partial charge in [0, 0.05) is 71.8 Å². The Morgan fingerprint density at radius 2 is 1.87 bits per heavy atom. The fourth-order valence-corrected chi connectivity index (χ4v) is 6.56. The van der Waals surface area contributed by atoms with Crippen LogP contribution in [0.1, 0.15) is 61.1 Å². The van der Waals surface area contributed by atoms with E-state index in [1.807, 2.05) is 12.4 Å². The zero-order valence-corrected chi connectivity index (χ0v) is 30.4. The van der Waals surface area contributed by atoms with Crippen molar-refractivity contribution in [1.82, 2.24) is 19.8 Å². The zero-order valence-electron chi connectivity index (χ0n) is 26.7. The number of amides is 1. The Hall–Kier alpha value is -2.34. The number of halogens is 1. The number of carbonyl (C=O) groups is 1. The van der Waals surface area contributed by atoms with E-state index in [1.54, 1.807) is 42.3 Å². The molecular formula is C35H43FN6O2SY-2. The van der Waals surface area contributed by atoms with Crippen molar-refractivity contribution in [2.75, 3.05) is 33.3 Å². The Morgan fingerprint density at radius 1 is 1.11 bits per heavy atom. The quantitative estimate of drug-likeness (QED) is 0.208. The third-order valence-corrected chi connectivity index (χ3v) is 9.55. The molecule has 3 fully saturated rings. The molecule has 3 N–H and O–H groups in total. The van der Waals surface area contributed by atoms with Gasteiger partial charge in [0.2, 0.25) is 5.91 Å². The molecule has 4 heterocycles. The normalized spacial score (nSPS) is 17.6. The maximum atomic E-state index is 12.6. The Morgan fingerprint density at radius 3 is 2.48 bits per heavy atom. The summed E-state index contributed by atoms with van der Waals surface area (Å²) in [5, 5.41) is 9.10. The molecule has 1 atom stereocenters. The van der Waals surface area contributed by atoms with Crippen molar-refractivity contribution in [2.45, 2.75) is 64.0 Å². The number of aryl methyl sites for hydroxylation is 1. The molecule has 0 bridgehead atoms. The number of likely N-dealkylation sites (tertiary alicyclic amines) is 1. The number of piperidine rings is 1. The average Bonchev–Trinajstić information content (AvgIpc) is 3.98. The van der Waals surface area contributed by atoms with E-state index < -0.39 is 0 Å². The van der Waals surface area contributed by atoms with Gasteiger partial charge >= 0.3 is 0 Å². The van der Waals surface area contributed by atoms with Crippen molar-refractivity contribution < 1.29 is 47.0 Å². The average molecular weight is 720 g/mol. The summed E-state index contributed by atoms with van der Waals surface area (Å²) in [4.78, 5) is 27.1. The van der Waals surface area contributed by atoms with Gasteiger partial charge in [0.05, 0.1) is 33.3 Å². The minimum Gasteiger partial charge on any atom is -0.699 e. The molecule has 1 aromatic carbocycles. The summed E-state index contributed by atoms with van der Waals surface area (Å²) < 4.78 is 13.8. The predicted molar refractivity (Wildman–Crippen MR) is 180 cm³/mol. The molecule has 1 radical (unpaired) electrons. The van der Waals surface area contributed by atoms with Crippen LogP contribution in [0, 0.1) is 18.7 Å². The first-order valence-corrected chi connectivity index (χ1v) is 16.6. The number of fused-ring (bicyclic) bond motifs is 1. The van der Waals surface area contributed by atoms with Crippen LogP contribution in [0.25, 0.3) is 32.3 Å². The number of aliphatic hydroxyl groups is 1. The molecule has 2 aliphatic carbocycles. The van der Waals surface area contributed by atoms with Crippen LogP contribution in [0.4, 0.5) is 10.1 Å². The Balaban J connectivity index is 0.000000285. The fraction of sp³-hybridized carbons (Fsp3) is 0.457. The first-order valence-electron chi connectivity index (χ1n) is 15.8. The van der Waals surface area contributed by atoms with E-state index in [0.717, 1.165) is 56.5 Å². The van der Waals surface area contributed by atoms with Crippen LogP contribution in [0.5, 0.6) is 0 Å². The molecule has 4 aromatic rings. The van der Waals surface area contributed by atoms with Gasteiger partial charge in [0.1, 0.15) is 5.82 Å². The van der Waals surface area contributed by atoms with Crippen molar-refractivity contribution in [3.05, 3.63) is 88.8 Å². The Labute approximate surface area is 300 Å². The van der Waals surface area contributed by atoms with Crippen LogP contribution in [0.2, 0.25) is 0 Å². The summed E-state index contributed by atoms with van der Waals surface area (Å²) in [5.74, 6) is 0.564. The van der Waals surface area contributed by atoms with Gasteiger partial charge in [-0.3, -0.25) is 19.7 Å². The smallest absolute Gasteiger partial charge is 0.226 e. The zero-order chi connectivity index (χ0) is 31.9. The second kappa shape index (κ2) is 17.2. The molecule has 2 saturated carbocycles. The molecule has 46 heavy (non-hydrogen) atoms. The standard InChI is InChI=1S/C25H30N4O2S.C7H7FN.C3H6N.Y/c1-28(11-12-30)25(31)19-3-2-10-29(16-19)15-17-4-7-21(27-14-17)23-13-22-24(32-23)20(8-9-26-22)18-5-6-18;1-5-2-3-6(9)4-7(5)8;4-3-1-2-3;/h4,7-9,13-14,18-19,30H,2-3,5-6,10-12,15-16H2,1H3;2-4,9H,1H3;3-4H,1-2H2;/q;2*-1;/t19-;;;/m1.../s1. The number of nitrogens with zero attached hydrogens (tertiary/aromatic N) is 4. The van der Waals surface area contributed by atoms with Gasteiger partial charge in [-0.25, -0.2) is 4.39 Å². The number of aromatic nitrogens is 2. The largest absolute Gasteiger partial charge is 0.699 e. The van der Waals surface area contributed by atoms with Crippen LogP contribution in [0.3, 0.4) is 0 Å². The van der Waals surface area contributed by atoms with Gasteiger partial charge in [-0.2, -0.15) is 0 Å². The van der Waals surface area contributed by atoms with Gasteiger partial charge in [-0.05, 0) is 86.0 Å². The Kier molecular flexibility index (Phi) is 13.6. The predicted octanol–water partition coefficient (Wildman–Crippen LogP) is 7.91. The molecule has 0 unspecified atom stereocenters. The maximum absolute atomic E-state index is 12.6. The van der Waals surface area contributed by atoms with Gasteiger partial charge < -0.3 is 21.5 Å². The number of rotatable bonds is 7. The summed E-state index contributed by atoms with van der Waals surface area (Å²) in [5.41, 5.74) is 19.2. The number of aliphatic hydroxyl groups excluding tert-OH is 1. The van der Waals surface area contributed by atoms with Crippen LogP contribution in [0.15, 0.2) is 54.9 Å². The SMILES string of the molecule is CN(CCO)C(=O)[C@@H]1CCCN(Cc2ccc(-c3cc4nccc(C5CC5)c4s3)nc2)C1.Cc1ccc([NH-])cc1F.[NH-]C1CC1.[Y]. The van der Waals surface area contributed by atoms with Crippen molar-refractivity contribution in [3.8, 4) is 10.6 Å². The minimum absolute atomic E-state index is 0. The van der Waals surface area contributed by atoms with Crippen molar-refractivity contribution in [1.29, 1.82) is 0 Å². The fourth-order valence-electron chi connectivity index (χ4n) is 5.37. The van der Waals surface area contributed by atoms with Gasteiger partial charge in [-0.15, -0.1) is 23.1 Å². The molecular weight excluding hydrogens is 676 g/mol. The van der Waals surface area contributed by atoms with E-state index in [4.69, 9.17) is 21.6 Å². The molecule has 1 saturated heterocycles. The maximum Gasteiger partial charge on any atom is 0.226 e. The number of nitrogens with one attached hydrogen (secondary N) is 2. The first kappa shape index (κ1) is 36.5. The monoisotopic (exact) mass is 719 g/mol. The molecule has 243 valence electrons. The topological polar surface area (TPSA) is 117 Å². The summed E-state index contributed by atoms with van der Waals surface area (Å²) in [6, 6.07) is 13.3. The number of likely N-dealkylation sites (N-methyl/N-ethyl adjacent to an activating group) is 1. The third-order valence-electron chi connectivity index (χ3n) is 8.36. The van der Waals surface area contributed by atoms with Crippen LogP contribution in [-0.4, -0.2) is 70.1 Å². The van der Waals surface area contributed by atoms with E-state index in [9.17, 15) is 9.18 Å². The van der Waals surface area contributed by atoms with Gasteiger partial charge in [0.15, 0.2) is 0 Å². The molecule has 1 amide bonds. The summed E-state index contributed by atoms with van der Waals surface area (Å²) >= 11 is 1.80. The second-order valence-electron chi connectivity index (χ2n) is 12.3. The summed E-state index contributed by atoms with van der Waals surface area (Å²) in [7, 11) is 1.78. The van der Waals surface area contributed by atoms with Crippen LogP contribution < -0.4 is 0 Å². The molecule has 7 rings (SSSR count). The van der Waals surface area contributed by atoms with Gasteiger partial charge in [-0.1, -0.05) is 31.0 Å². The minimum atomic E-state index is -0.303. The molecule has 8 nitrogen and oxygen atoms in total. The number of pyridine rings is 2. The van der Waals surface area contributed by atoms with E-state index in [-0.39, 0.29) is 62.6 Å². The molecule has 0 spiro atoms. The number of thiophene rings is 1. The van der Waals surface area contributed by atoms with E-state index in [1.165, 1.54) is 39.6 Å². The van der Waals surface area contributed by atoms with Crippen LogP contribution in [-0.2, 0) is 44.0 Å². The molecule has 3 aromatic heterocycles. The van der Waals surface area contributed by atoms with Crippen molar-refractivity contribution in [3.63, 3.8) is 0 Å². The summed E-state index contributed by atoms with van der Waals surface area (Å²) in [6.45, 7) is 4.66. The first-order chi connectivity index (χ1) is 21.7. The molecule has 1 aliphatic heterocycles. The Bertz CT molecular complexity index is 1580. The van der Waals surface area contributed by atoms with Gasteiger partial charge in [0.25, 0.3) is 0 Å². The summed E-state index contributed by atoms with van der Waals surface area (Å²) in [6.07, 6.45) is 10.7. The number of benzene rings is 1.